The summed E-state index contributed by atoms with van der Waals surface area (Å²) in [6.45, 7) is 0.685. The van der Waals surface area contributed by atoms with Crippen molar-refractivity contribution < 1.29 is 9.90 Å². The summed E-state index contributed by atoms with van der Waals surface area (Å²) in [5, 5.41) is 11.3. The van der Waals surface area contributed by atoms with Crippen LogP contribution in [-0.4, -0.2) is 30.0 Å². The Morgan fingerprint density at radius 1 is 1.31 bits per heavy atom. The molecule has 0 aromatic heterocycles. The van der Waals surface area contributed by atoms with Crippen molar-refractivity contribution in [3.05, 3.63) is 0 Å². The van der Waals surface area contributed by atoms with Gasteiger partial charge >= 0.3 is 5.97 Å². The number of carbonyl (C=O) groups is 1. The predicted octanol–water partition coefficient (Wildman–Crippen LogP) is -1.64. The first-order chi connectivity index (χ1) is 6.04. The van der Waals surface area contributed by atoms with E-state index in [1.807, 2.05) is 0 Å². The van der Waals surface area contributed by atoms with Gasteiger partial charge in [0, 0.05) is 0 Å². The third kappa shape index (κ3) is 7.66. The van der Waals surface area contributed by atoms with E-state index in [1.165, 1.54) is 0 Å². The van der Waals surface area contributed by atoms with Crippen LogP contribution < -0.4 is 22.5 Å². The van der Waals surface area contributed by atoms with Crippen LogP contribution in [0.3, 0.4) is 0 Å². The quantitative estimate of drug-likeness (QED) is 0.242. The molecule has 0 spiro atoms. The summed E-state index contributed by atoms with van der Waals surface area (Å²) in [6, 6.07) is -0.758. The van der Waals surface area contributed by atoms with E-state index < -0.39 is 18.3 Å². The van der Waals surface area contributed by atoms with Crippen LogP contribution in [0.5, 0.6) is 0 Å². The first-order valence-corrected chi connectivity index (χ1v) is 4.27. The number of aliphatic carboxylic acids is 1. The number of rotatable bonds is 7. The van der Waals surface area contributed by atoms with Crippen molar-refractivity contribution in [3.63, 3.8) is 0 Å². The Kier molecular flexibility index (Phi) is 6.43. The van der Waals surface area contributed by atoms with Crippen molar-refractivity contribution in [3.8, 4) is 0 Å². The molecule has 0 saturated heterocycles. The Balaban J connectivity index is 3.21. The fourth-order valence-corrected chi connectivity index (χ4v) is 0.881. The second-order valence-corrected chi connectivity index (χ2v) is 2.92. The Labute approximate surface area is 77.5 Å². The molecule has 0 aromatic carbocycles. The lowest BCUT2D eigenvalue weighted by atomic mass is 10.1. The van der Waals surface area contributed by atoms with E-state index in [2.05, 4.69) is 5.32 Å². The molecule has 0 radical (unpaired) electrons. The minimum atomic E-state index is -0.955. The molecular weight excluding hydrogens is 172 g/mol. The van der Waals surface area contributed by atoms with Gasteiger partial charge < -0.3 is 22.3 Å². The molecule has 0 heterocycles. The lowest BCUT2D eigenvalue weighted by Crippen LogP contribution is -2.45. The van der Waals surface area contributed by atoms with Crippen LogP contribution in [0.4, 0.5) is 0 Å². The van der Waals surface area contributed by atoms with E-state index in [0.29, 0.717) is 13.0 Å². The molecular formula is C7H18N4O2. The van der Waals surface area contributed by atoms with Gasteiger partial charge in [0.05, 0.1) is 0 Å². The van der Waals surface area contributed by atoms with Crippen molar-refractivity contribution >= 4 is 5.97 Å². The van der Waals surface area contributed by atoms with Gasteiger partial charge in [-0.15, -0.1) is 0 Å². The molecule has 0 saturated carbocycles. The molecule has 0 unspecified atom stereocenters. The molecule has 8 N–H and O–H groups in total. The summed E-state index contributed by atoms with van der Waals surface area (Å²) in [6.07, 6.45) is 1.56. The van der Waals surface area contributed by atoms with Crippen LogP contribution in [-0.2, 0) is 4.79 Å². The topological polar surface area (TPSA) is 127 Å². The van der Waals surface area contributed by atoms with Crippen LogP contribution in [0, 0.1) is 0 Å². The maximum atomic E-state index is 10.3. The third-order valence-corrected chi connectivity index (χ3v) is 1.64. The second-order valence-electron chi connectivity index (χ2n) is 2.92. The van der Waals surface area contributed by atoms with Crippen LogP contribution in [0.15, 0.2) is 0 Å². The monoisotopic (exact) mass is 190 g/mol. The van der Waals surface area contributed by atoms with Crippen LogP contribution in [0.1, 0.15) is 19.3 Å². The number of unbranched alkanes of at least 4 members (excludes halogenated alkanes) is 1. The van der Waals surface area contributed by atoms with E-state index in [0.717, 1.165) is 12.8 Å². The molecule has 0 aliphatic carbocycles. The normalized spacial score (nSPS) is 13.2. The summed E-state index contributed by atoms with van der Waals surface area (Å²) in [5.74, 6) is -0.955. The van der Waals surface area contributed by atoms with Gasteiger partial charge in [-0.2, -0.15) is 0 Å². The molecule has 0 aromatic rings. The smallest absolute Gasteiger partial charge is 0.320 e. The van der Waals surface area contributed by atoms with Crippen LogP contribution in [0.25, 0.3) is 0 Å². The number of hydrogen-bond acceptors (Lipinski definition) is 5. The van der Waals surface area contributed by atoms with Crippen LogP contribution in [0.2, 0.25) is 0 Å². The Bertz CT molecular complexity index is 151. The SMILES string of the molecule is NC(N)NCCCC[C@H](N)C(=O)O. The standard InChI is InChI=1S/C7H18N4O2/c8-5(6(12)13)3-1-2-4-11-7(9)10/h5,7,11H,1-4,8-10H2,(H,12,13)/t5-/m0/s1. The molecule has 6 heteroatoms. The minimum absolute atomic E-state index is 0.483. The third-order valence-electron chi connectivity index (χ3n) is 1.64. The van der Waals surface area contributed by atoms with Gasteiger partial charge in [-0.25, -0.2) is 0 Å². The fraction of sp³-hybridized carbons (Fsp3) is 0.857. The summed E-state index contributed by atoms with van der Waals surface area (Å²) in [5.41, 5.74) is 15.8. The zero-order chi connectivity index (χ0) is 10.3. The molecule has 0 aliphatic heterocycles. The highest BCUT2D eigenvalue weighted by atomic mass is 16.4. The highest BCUT2D eigenvalue weighted by Gasteiger charge is 2.09. The summed E-state index contributed by atoms with van der Waals surface area (Å²) < 4.78 is 0. The van der Waals surface area contributed by atoms with E-state index >= 15 is 0 Å². The van der Waals surface area contributed by atoms with Crippen molar-refractivity contribution in [1.29, 1.82) is 0 Å². The number of carboxylic acid groups (broad SMARTS) is 1. The summed E-state index contributed by atoms with van der Waals surface area (Å²) >= 11 is 0. The van der Waals surface area contributed by atoms with Crippen molar-refractivity contribution in [1.82, 2.24) is 5.32 Å². The lowest BCUT2D eigenvalue weighted by molar-refractivity contribution is -0.138. The molecule has 0 fully saturated rings. The number of nitrogens with one attached hydrogen (secondary N) is 1. The van der Waals surface area contributed by atoms with Gasteiger partial charge in [-0.1, -0.05) is 6.42 Å². The Morgan fingerprint density at radius 3 is 2.38 bits per heavy atom. The maximum absolute atomic E-state index is 10.3. The lowest BCUT2D eigenvalue weighted by Gasteiger charge is -2.08. The average molecular weight is 190 g/mol. The van der Waals surface area contributed by atoms with Crippen molar-refractivity contribution in [2.75, 3.05) is 6.54 Å². The van der Waals surface area contributed by atoms with E-state index in [-0.39, 0.29) is 0 Å². The van der Waals surface area contributed by atoms with Gasteiger partial charge in [0.25, 0.3) is 0 Å². The van der Waals surface area contributed by atoms with E-state index in [9.17, 15) is 4.79 Å². The van der Waals surface area contributed by atoms with Gasteiger partial charge in [-0.3, -0.25) is 10.1 Å². The van der Waals surface area contributed by atoms with Crippen LogP contribution >= 0.6 is 0 Å². The number of carboxylic acids is 1. The zero-order valence-corrected chi connectivity index (χ0v) is 7.57. The number of hydrogen-bond donors (Lipinski definition) is 5. The molecule has 13 heavy (non-hydrogen) atoms. The summed E-state index contributed by atoms with van der Waals surface area (Å²) in [4.78, 5) is 10.3. The Hall–Kier alpha value is -0.690. The molecule has 0 amide bonds. The minimum Gasteiger partial charge on any atom is -0.480 e. The molecule has 0 bridgehead atoms. The largest absolute Gasteiger partial charge is 0.480 e. The first kappa shape index (κ1) is 12.3. The van der Waals surface area contributed by atoms with Gasteiger partial charge in [0.1, 0.15) is 12.3 Å². The van der Waals surface area contributed by atoms with Crippen molar-refractivity contribution in [2.24, 2.45) is 17.2 Å². The number of nitrogens with two attached hydrogens (primary N) is 3. The molecule has 0 aliphatic rings. The fourth-order valence-electron chi connectivity index (χ4n) is 0.881. The highest BCUT2D eigenvalue weighted by molar-refractivity contribution is 5.72. The van der Waals surface area contributed by atoms with E-state index in [1.54, 1.807) is 0 Å². The first-order valence-electron chi connectivity index (χ1n) is 4.27. The zero-order valence-electron chi connectivity index (χ0n) is 7.57. The molecule has 1 atom stereocenters. The maximum Gasteiger partial charge on any atom is 0.320 e. The molecule has 78 valence electrons. The van der Waals surface area contributed by atoms with Gasteiger partial charge in [0.15, 0.2) is 0 Å². The van der Waals surface area contributed by atoms with Crippen molar-refractivity contribution in [2.45, 2.75) is 31.6 Å². The predicted molar refractivity (Wildman–Crippen MR) is 49.6 cm³/mol. The van der Waals surface area contributed by atoms with Gasteiger partial charge in [-0.05, 0) is 19.4 Å². The second kappa shape index (κ2) is 6.79. The van der Waals surface area contributed by atoms with Gasteiger partial charge in [0.2, 0.25) is 0 Å². The molecule has 0 rings (SSSR count). The summed E-state index contributed by atoms with van der Waals surface area (Å²) in [7, 11) is 0. The average Bonchev–Trinajstić information content (AvgIpc) is 2.02. The highest BCUT2D eigenvalue weighted by Crippen LogP contribution is 1.97. The molecule has 6 nitrogen and oxygen atoms in total. The Morgan fingerprint density at radius 2 is 1.92 bits per heavy atom. The van der Waals surface area contributed by atoms with E-state index in [4.69, 9.17) is 22.3 Å².